The lowest BCUT2D eigenvalue weighted by atomic mass is 10.1. The molecule has 7 N–H and O–H groups in total. The van der Waals surface area contributed by atoms with Crippen molar-refractivity contribution in [3.8, 4) is 11.5 Å². The first-order chi connectivity index (χ1) is 19.5. The first kappa shape index (κ1) is 27.8. The van der Waals surface area contributed by atoms with Crippen molar-refractivity contribution < 1.29 is 26.7 Å². The lowest BCUT2D eigenvalue weighted by molar-refractivity contribution is 0.103. The van der Waals surface area contributed by atoms with Crippen molar-refractivity contribution in [1.82, 2.24) is 9.71 Å². The number of amidine groups is 1. The average Bonchev–Trinajstić information content (AvgIpc) is 3.62. The van der Waals surface area contributed by atoms with Crippen LogP contribution in [0.4, 0.5) is 20.2 Å². The van der Waals surface area contributed by atoms with E-state index in [4.69, 9.17) is 16.2 Å². The Labute approximate surface area is 234 Å². The minimum atomic E-state index is -3.96. The zero-order valence-electron chi connectivity index (χ0n) is 21.7. The zero-order valence-corrected chi connectivity index (χ0v) is 22.6. The van der Waals surface area contributed by atoms with Gasteiger partial charge >= 0.3 is 0 Å². The lowest BCUT2D eigenvalue weighted by Gasteiger charge is -2.10. The van der Waals surface area contributed by atoms with Gasteiger partial charge in [0.05, 0.1) is 22.6 Å². The number of para-hydroxylation sites is 1. The summed E-state index contributed by atoms with van der Waals surface area (Å²) in [5.41, 5.74) is 12.9. The van der Waals surface area contributed by atoms with E-state index in [1.54, 1.807) is 37.3 Å². The molecule has 0 saturated heterocycles. The molecule has 1 aromatic heterocycles. The van der Waals surface area contributed by atoms with E-state index in [0.717, 1.165) is 25.1 Å². The van der Waals surface area contributed by atoms with Gasteiger partial charge in [0, 0.05) is 23.1 Å². The Morgan fingerprint density at radius 3 is 2.54 bits per heavy atom. The SMILES string of the molecule is Cc1cc(Oc2ccccc2F)ccc1N=C(N)C(=CN)C(=O)c1cc2cc(F)c(NS(=O)(=O)NC3CC3)cc2[nH]1. The summed E-state index contributed by atoms with van der Waals surface area (Å²) in [6, 6.07) is 14.4. The summed E-state index contributed by atoms with van der Waals surface area (Å²) in [5.74, 6) is -1.65. The smallest absolute Gasteiger partial charge is 0.299 e. The standard InChI is InChI=1S/C28H26F2N6O4S/c1-15-10-18(40-26-5-3-2-4-20(26)29)8-9-22(15)34-28(32)19(14-31)27(37)25-12-16-11-21(30)24(13-23(16)33-25)36-41(38,39)35-17-6-7-17/h2-5,8-14,17,33,35-36H,6-7,31H2,1H3,(H2,32,34). The largest absolute Gasteiger partial charge is 0.454 e. The molecule has 1 aliphatic rings. The Kier molecular flexibility index (Phi) is 7.47. The Morgan fingerprint density at radius 1 is 1.10 bits per heavy atom. The second kappa shape index (κ2) is 11.0. The van der Waals surface area contributed by atoms with E-state index < -0.39 is 27.6 Å². The van der Waals surface area contributed by atoms with Crippen LogP contribution >= 0.6 is 0 Å². The second-order valence-electron chi connectivity index (χ2n) is 9.49. The van der Waals surface area contributed by atoms with Gasteiger partial charge < -0.3 is 21.2 Å². The lowest BCUT2D eigenvalue weighted by Crippen LogP contribution is -2.32. The van der Waals surface area contributed by atoms with Gasteiger partial charge in [-0.25, -0.2) is 13.8 Å². The number of nitrogens with two attached hydrogens (primary N) is 2. The number of fused-ring (bicyclic) bond motifs is 1. The van der Waals surface area contributed by atoms with Crippen molar-refractivity contribution in [3.05, 3.63) is 95.3 Å². The zero-order chi connectivity index (χ0) is 29.3. The third-order valence-corrected chi connectivity index (χ3v) is 7.39. The van der Waals surface area contributed by atoms with Crippen molar-refractivity contribution in [2.75, 3.05) is 4.72 Å². The number of aromatic nitrogens is 1. The third kappa shape index (κ3) is 6.36. The van der Waals surface area contributed by atoms with Crippen LogP contribution in [-0.4, -0.2) is 31.1 Å². The van der Waals surface area contributed by atoms with E-state index in [1.807, 2.05) is 0 Å². The molecule has 41 heavy (non-hydrogen) atoms. The number of anilines is 1. The highest BCUT2D eigenvalue weighted by atomic mass is 32.2. The van der Waals surface area contributed by atoms with Crippen molar-refractivity contribution in [2.24, 2.45) is 16.5 Å². The number of benzene rings is 3. The molecule has 0 bridgehead atoms. The van der Waals surface area contributed by atoms with Crippen LogP contribution in [0.15, 0.2) is 77.4 Å². The van der Waals surface area contributed by atoms with Crippen molar-refractivity contribution in [3.63, 3.8) is 0 Å². The number of aliphatic imine (C=N–C) groups is 1. The van der Waals surface area contributed by atoms with Crippen LogP contribution in [0.2, 0.25) is 0 Å². The number of ketones is 1. The second-order valence-corrected chi connectivity index (χ2v) is 10.9. The molecule has 212 valence electrons. The molecule has 1 heterocycles. The maximum absolute atomic E-state index is 14.7. The van der Waals surface area contributed by atoms with Crippen molar-refractivity contribution in [2.45, 2.75) is 25.8 Å². The molecule has 3 aromatic carbocycles. The van der Waals surface area contributed by atoms with Gasteiger partial charge in [-0.3, -0.25) is 9.52 Å². The molecule has 10 nitrogen and oxygen atoms in total. The maximum Gasteiger partial charge on any atom is 0.299 e. The van der Waals surface area contributed by atoms with E-state index in [1.165, 1.54) is 24.3 Å². The molecule has 1 aliphatic carbocycles. The topological polar surface area (TPSA) is 165 Å². The highest BCUT2D eigenvalue weighted by Crippen LogP contribution is 2.30. The molecule has 0 spiro atoms. The first-order valence-electron chi connectivity index (χ1n) is 12.5. The number of carbonyl (C=O) groups excluding carboxylic acids is 1. The van der Waals surface area contributed by atoms with E-state index in [-0.39, 0.29) is 34.6 Å². The molecule has 4 aromatic rings. The van der Waals surface area contributed by atoms with Gasteiger partial charge in [-0.1, -0.05) is 12.1 Å². The number of nitrogens with one attached hydrogen (secondary N) is 3. The average molecular weight is 581 g/mol. The minimum absolute atomic E-state index is 0.0377. The highest BCUT2D eigenvalue weighted by molar-refractivity contribution is 7.90. The molecule has 1 saturated carbocycles. The summed E-state index contributed by atoms with van der Waals surface area (Å²) in [6.45, 7) is 1.74. The van der Waals surface area contributed by atoms with Gasteiger partial charge in [-0.05, 0) is 73.9 Å². The number of hydrogen-bond acceptors (Lipinski definition) is 6. The van der Waals surface area contributed by atoms with E-state index >= 15 is 0 Å². The summed E-state index contributed by atoms with van der Waals surface area (Å²) in [6.07, 6.45) is 2.47. The van der Waals surface area contributed by atoms with Crippen molar-refractivity contribution >= 4 is 44.1 Å². The molecule has 0 atom stereocenters. The fourth-order valence-electron chi connectivity index (χ4n) is 4.03. The van der Waals surface area contributed by atoms with Crippen LogP contribution in [0.25, 0.3) is 10.9 Å². The maximum atomic E-state index is 14.7. The van der Waals surface area contributed by atoms with Crippen molar-refractivity contribution in [1.29, 1.82) is 0 Å². The third-order valence-electron chi connectivity index (χ3n) is 6.26. The number of rotatable bonds is 10. The Balaban J connectivity index is 1.35. The monoisotopic (exact) mass is 580 g/mol. The van der Waals surface area contributed by atoms with Gasteiger partial charge in [-0.2, -0.15) is 13.1 Å². The minimum Gasteiger partial charge on any atom is -0.454 e. The van der Waals surface area contributed by atoms with Crippen LogP contribution in [0.5, 0.6) is 11.5 Å². The molecule has 5 rings (SSSR count). The summed E-state index contributed by atoms with van der Waals surface area (Å²) in [4.78, 5) is 20.5. The number of Topliss-reactive ketones (excluding diaryl/α,β-unsaturated/α-hetero) is 1. The Bertz CT molecular complexity index is 1830. The van der Waals surface area contributed by atoms with E-state index in [2.05, 4.69) is 19.4 Å². The number of nitrogens with zero attached hydrogens (tertiary/aromatic N) is 1. The molecular weight excluding hydrogens is 554 g/mol. The van der Waals surface area contributed by atoms with Crippen LogP contribution in [0, 0.1) is 18.6 Å². The summed E-state index contributed by atoms with van der Waals surface area (Å²) < 4.78 is 63.2. The predicted octanol–water partition coefficient (Wildman–Crippen LogP) is 4.67. The number of ether oxygens (including phenoxy) is 1. The predicted molar refractivity (Wildman–Crippen MR) is 152 cm³/mol. The molecule has 0 amide bonds. The molecule has 0 aliphatic heterocycles. The summed E-state index contributed by atoms with van der Waals surface area (Å²) >= 11 is 0. The molecular formula is C28H26F2N6O4S. The van der Waals surface area contributed by atoms with Gasteiger partial charge in [-0.15, -0.1) is 0 Å². The van der Waals surface area contributed by atoms with Gasteiger partial charge in [0.25, 0.3) is 10.2 Å². The number of H-pyrrole nitrogens is 1. The van der Waals surface area contributed by atoms with Gasteiger partial charge in [0.1, 0.15) is 17.4 Å². The first-order valence-corrected chi connectivity index (χ1v) is 14.0. The summed E-state index contributed by atoms with van der Waals surface area (Å²) in [5, 5.41) is 0.331. The Hall–Kier alpha value is -4.75. The Morgan fingerprint density at radius 2 is 1.85 bits per heavy atom. The quantitative estimate of drug-likeness (QED) is 0.0792. The van der Waals surface area contributed by atoms with Crippen LogP contribution in [0.1, 0.15) is 28.9 Å². The van der Waals surface area contributed by atoms with E-state index in [9.17, 15) is 22.0 Å². The molecule has 0 radical (unpaired) electrons. The number of aryl methyl sites for hydroxylation is 1. The number of aromatic amines is 1. The number of carbonyl (C=O) groups is 1. The van der Waals surface area contributed by atoms with Crippen LogP contribution in [0.3, 0.4) is 0 Å². The fraction of sp³-hybridized carbons (Fsp3) is 0.143. The number of hydrogen-bond donors (Lipinski definition) is 5. The van der Waals surface area contributed by atoms with Crippen LogP contribution in [-0.2, 0) is 10.2 Å². The van der Waals surface area contributed by atoms with E-state index in [0.29, 0.717) is 27.9 Å². The fourth-order valence-corrected chi connectivity index (χ4v) is 5.21. The summed E-state index contributed by atoms with van der Waals surface area (Å²) in [7, 11) is -3.96. The van der Waals surface area contributed by atoms with Gasteiger partial charge in [0.2, 0.25) is 5.78 Å². The molecule has 0 unspecified atom stereocenters. The molecule has 13 heteroatoms. The number of halogens is 2. The normalized spacial score (nSPS) is 14.3. The highest BCUT2D eigenvalue weighted by Gasteiger charge is 2.27. The van der Waals surface area contributed by atoms with Gasteiger partial charge in [0.15, 0.2) is 11.6 Å². The van der Waals surface area contributed by atoms with Crippen LogP contribution < -0.4 is 25.6 Å². The molecule has 1 fully saturated rings.